The number of fused-ring (bicyclic) bond motifs is 1. The van der Waals surface area contributed by atoms with E-state index < -0.39 is 17.6 Å². The van der Waals surface area contributed by atoms with Crippen LogP contribution in [0, 0.1) is 6.92 Å². The molecule has 1 fully saturated rings. The maximum absolute atomic E-state index is 12.6. The highest BCUT2D eigenvalue weighted by molar-refractivity contribution is 5.88. The predicted molar refractivity (Wildman–Crippen MR) is 104 cm³/mol. The van der Waals surface area contributed by atoms with Gasteiger partial charge in [-0.15, -0.1) is 0 Å². The fraction of sp³-hybridized carbons (Fsp3) is 0.381. The van der Waals surface area contributed by atoms with Crippen LogP contribution in [0.3, 0.4) is 0 Å². The fourth-order valence-electron chi connectivity index (χ4n) is 3.45. The van der Waals surface area contributed by atoms with Gasteiger partial charge in [-0.25, -0.2) is 9.59 Å². The molecule has 0 bridgehead atoms. The Hall–Kier alpha value is -3.09. The fourth-order valence-corrected chi connectivity index (χ4v) is 3.45. The average molecular weight is 385 g/mol. The van der Waals surface area contributed by atoms with Crippen molar-refractivity contribution in [1.29, 1.82) is 0 Å². The second kappa shape index (κ2) is 7.88. The summed E-state index contributed by atoms with van der Waals surface area (Å²) in [6.45, 7) is 8.14. The van der Waals surface area contributed by atoms with Crippen molar-refractivity contribution in [3.8, 4) is 5.75 Å². The summed E-state index contributed by atoms with van der Waals surface area (Å²) in [5.74, 6) is -0.834. The molecule has 1 aromatic heterocycles. The Morgan fingerprint density at radius 2 is 2.14 bits per heavy atom. The molecular formula is C21H23NO6. The Morgan fingerprint density at radius 1 is 1.39 bits per heavy atom. The van der Waals surface area contributed by atoms with Gasteiger partial charge >= 0.3 is 11.6 Å². The molecule has 1 aliphatic heterocycles. The van der Waals surface area contributed by atoms with Gasteiger partial charge < -0.3 is 19.2 Å². The zero-order valence-corrected chi connectivity index (χ0v) is 16.0. The van der Waals surface area contributed by atoms with Crippen LogP contribution in [0.5, 0.6) is 5.75 Å². The molecule has 0 aliphatic carbocycles. The molecule has 0 spiro atoms. The van der Waals surface area contributed by atoms with E-state index in [2.05, 4.69) is 6.58 Å². The minimum atomic E-state index is -1.02. The molecule has 0 saturated carbocycles. The lowest BCUT2D eigenvalue weighted by Crippen LogP contribution is -2.41. The molecule has 1 atom stereocenters. The first kappa shape index (κ1) is 19.7. The smallest absolute Gasteiger partial charge is 0.340 e. The highest BCUT2D eigenvalue weighted by atomic mass is 16.5. The summed E-state index contributed by atoms with van der Waals surface area (Å²) in [7, 11) is 0. The minimum Gasteiger partial charge on any atom is -0.489 e. The van der Waals surface area contributed by atoms with E-state index >= 15 is 0 Å². The number of ether oxygens (including phenoxy) is 1. The number of carbonyl (C=O) groups is 2. The summed E-state index contributed by atoms with van der Waals surface area (Å²) in [6, 6.07) is 4.36. The van der Waals surface area contributed by atoms with Crippen LogP contribution in [0.25, 0.3) is 11.0 Å². The second-order valence-corrected chi connectivity index (χ2v) is 7.16. The molecule has 1 aromatic carbocycles. The van der Waals surface area contributed by atoms with Gasteiger partial charge in [-0.2, -0.15) is 0 Å². The molecule has 0 unspecified atom stereocenters. The summed E-state index contributed by atoms with van der Waals surface area (Å²) in [5.41, 5.74) is 1.55. The maximum atomic E-state index is 12.6. The highest BCUT2D eigenvalue weighted by Crippen LogP contribution is 2.25. The van der Waals surface area contributed by atoms with Crippen LogP contribution >= 0.6 is 0 Å². The Labute approximate surface area is 162 Å². The van der Waals surface area contributed by atoms with E-state index in [9.17, 15) is 19.5 Å². The summed E-state index contributed by atoms with van der Waals surface area (Å²) >= 11 is 0. The van der Waals surface area contributed by atoms with E-state index in [1.807, 2.05) is 6.92 Å². The van der Waals surface area contributed by atoms with Crippen molar-refractivity contribution in [3.63, 3.8) is 0 Å². The Kier molecular flexibility index (Phi) is 5.53. The average Bonchev–Trinajstić information content (AvgIpc) is 3.13. The number of likely N-dealkylation sites (tertiary alicyclic amines) is 1. The quantitative estimate of drug-likeness (QED) is 0.607. The van der Waals surface area contributed by atoms with Crippen molar-refractivity contribution in [1.82, 2.24) is 4.90 Å². The zero-order chi connectivity index (χ0) is 20.4. The van der Waals surface area contributed by atoms with Crippen LogP contribution in [-0.2, 0) is 16.0 Å². The Balaban J connectivity index is 1.88. The predicted octanol–water partition coefficient (Wildman–Crippen LogP) is 2.67. The molecule has 1 amide bonds. The first-order chi connectivity index (χ1) is 13.3. The van der Waals surface area contributed by atoms with Crippen molar-refractivity contribution in [3.05, 3.63) is 51.9 Å². The summed E-state index contributed by atoms with van der Waals surface area (Å²) in [6.07, 6.45) is 0.891. The number of nitrogens with zero attached hydrogens (tertiary/aromatic N) is 1. The highest BCUT2D eigenvalue weighted by Gasteiger charge is 2.34. The number of benzene rings is 1. The maximum Gasteiger partial charge on any atom is 0.340 e. The van der Waals surface area contributed by atoms with E-state index in [-0.39, 0.29) is 17.9 Å². The number of aliphatic carboxylic acids is 1. The topological polar surface area (TPSA) is 97.0 Å². The number of hydrogen-bond acceptors (Lipinski definition) is 5. The Bertz CT molecular complexity index is 1010. The molecule has 7 heteroatoms. The van der Waals surface area contributed by atoms with Crippen molar-refractivity contribution >= 4 is 22.8 Å². The normalized spacial score (nSPS) is 16.4. The molecular weight excluding hydrogens is 362 g/mol. The van der Waals surface area contributed by atoms with Crippen molar-refractivity contribution in [2.24, 2.45) is 0 Å². The number of hydrogen-bond donors (Lipinski definition) is 1. The molecule has 2 heterocycles. The number of amides is 1. The van der Waals surface area contributed by atoms with Gasteiger partial charge in [-0.05, 0) is 50.0 Å². The van der Waals surface area contributed by atoms with Crippen molar-refractivity contribution < 1.29 is 23.8 Å². The number of carboxylic acid groups (broad SMARTS) is 1. The molecule has 1 aliphatic rings. The standard InChI is InChI=1S/C21H23NO6/c1-12(2)11-27-14-6-7-15-13(3)16(21(26)28-18(15)9-14)10-19(23)22-8-4-5-17(22)20(24)25/h6-7,9,17H,1,4-5,8,10-11H2,2-3H3,(H,24,25)/t17-/m0/s1. The van der Waals surface area contributed by atoms with Crippen LogP contribution in [0.15, 0.2) is 39.6 Å². The van der Waals surface area contributed by atoms with Gasteiger partial charge in [0, 0.05) is 18.0 Å². The summed E-state index contributed by atoms with van der Waals surface area (Å²) < 4.78 is 11.0. The van der Waals surface area contributed by atoms with Crippen LogP contribution in [-0.4, -0.2) is 41.1 Å². The summed E-state index contributed by atoms with van der Waals surface area (Å²) in [5, 5.41) is 9.97. The van der Waals surface area contributed by atoms with Crippen LogP contribution < -0.4 is 10.4 Å². The molecule has 1 N–H and O–H groups in total. The van der Waals surface area contributed by atoms with E-state index in [1.54, 1.807) is 25.1 Å². The summed E-state index contributed by atoms with van der Waals surface area (Å²) in [4.78, 5) is 37.8. The van der Waals surface area contributed by atoms with Crippen molar-refractivity contribution in [2.45, 2.75) is 39.2 Å². The van der Waals surface area contributed by atoms with Crippen LogP contribution in [0.2, 0.25) is 0 Å². The monoisotopic (exact) mass is 385 g/mol. The first-order valence-corrected chi connectivity index (χ1v) is 9.13. The van der Waals surface area contributed by atoms with E-state index in [4.69, 9.17) is 9.15 Å². The molecule has 1 saturated heterocycles. The molecule has 3 rings (SSSR count). The lowest BCUT2D eigenvalue weighted by molar-refractivity contribution is -0.148. The first-order valence-electron chi connectivity index (χ1n) is 9.13. The third-order valence-electron chi connectivity index (χ3n) is 4.93. The molecule has 2 aromatic rings. The molecule has 148 valence electrons. The number of rotatable bonds is 6. The van der Waals surface area contributed by atoms with Gasteiger partial charge in [-0.3, -0.25) is 4.79 Å². The zero-order valence-electron chi connectivity index (χ0n) is 16.0. The Morgan fingerprint density at radius 3 is 2.82 bits per heavy atom. The van der Waals surface area contributed by atoms with Gasteiger partial charge in [-0.1, -0.05) is 6.58 Å². The lowest BCUT2D eigenvalue weighted by atomic mass is 10.0. The van der Waals surface area contributed by atoms with Crippen LogP contribution in [0.4, 0.5) is 0 Å². The van der Waals surface area contributed by atoms with Gasteiger partial charge in [0.1, 0.15) is 24.0 Å². The van der Waals surface area contributed by atoms with E-state index in [1.165, 1.54) is 4.90 Å². The van der Waals surface area contributed by atoms with Gasteiger partial charge in [0.25, 0.3) is 0 Å². The van der Waals surface area contributed by atoms with Gasteiger partial charge in [0.15, 0.2) is 0 Å². The number of carbonyl (C=O) groups excluding carboxylic acids is 1. The van der Waals surface area contributed by atoms with E-state index in [0.717, 1.165) is 5.57 Å². The molecule has 0 radical (unpaired) electrons. The minimum absolute atomic E-state index is 0.179. The van der Waals surface area contributed by atoms with Gasteiger partial charge in [0.05, 0.1) is 12.0 Å². The van der Waals surface area contributed by atoms with Crippen LogP contribution in [0.1, 0.15) is 30.9 Å². The molecule has 7 nitrogen and oxygen atoms in total. The number of aryl methyl sites for hydroxylation is 1. The van der Waals surface area contributed by atoms with Gasteiger partial charge in [0.2, 0.25) is 5.91 Å². The largest absolute Gasteiger partial charge is 0.489 e. The number of carboxylic acids is 1. The second-order valence-electron chi connectivity index (χ2n) is 7.16. The SMILES string of the molecule is C=C(C)COc1ccc2c(C)c(CC(=O)N3CCC[C@H]3C(=O)O)c(=O)oc2c1. The third-order valence-corrected chi connectivity index (χ3v) is 4.93. The molecule has 28 heavy (non-hydrogen) atoms. The third kappa shape index (κ3) is 3.93. The van der Waals surface area contributed by atoms with Crippen molar-refractivity contribution in [2.75, 3.05) is 13.2 Å². The van der Waals surface area contributed by atoms with E-state index in [0.29, 0.717) is 48.3 Å². The lowest BCUT2D eigenvalue weighted by Gasteiger charge is -2.21.